The van der Waals surface area contributed by atoms with Gasteiger partial charge in [-0.25, -0.2) is 0 Å². The number of benzene rings is 1. The molecular formula is C16H24. The molecule has 1 aromatic rings. The fourth-order valence-electron chi connectivity index (χ4n) is 2.08. The molecule has 0 nitrogen and oxygen atoms in total. The summed E-state index contributed by atoms with van der Waals surface area (Å²) in [6.45, 7) is 8.77. The molecule has 1 unspecified atom stereocenters. The van der Waals surface area contributed by atoms with Crippen LogP contribution < -0.4 is 0 Å². The van der Waals surface area contributed by atoms with E-state index < -0.39 is 0 Å². The zero-order chi connectivity index (χ0) is 11.8. The van der Waals surface area contributed by atoms with Gasteiger partial charge in [0.15, 0.2) is 0 Å². The first-order chi connectivity index (χ1) is 7.77. The summed E-state index contributed by atoms with van der Waals surface area (Å²) in [6.07, 6.45) is 6.42. The summed E-state index contributed by atoms with van der Waals surface area (Å²) in [7, 11) is 0. The molecule has 0 heteroatoms. The summed E-state index contributed by atoms with van der Waals surface area (Å²) in [6, 6.07) is 10.6. The molecule has 0 heterocycles. The molecule has 0 amide bonds. The van der Waals surface area contributed by atoms with Crippen molar-refractivity contribution in [2.75, 3.05) is 0 Å². The highest BCUT2D eigenvalue weighted by atomic mass is 14.1. The Bertz CT molecular complexity index is 297. The van der Waals surface area contributed by atoms with Crippen molar-refractivity contribution >= 4 is 5.57 Å². The Hall–Kier alpha value is -1.04. The van der Waals surface area contributed by atoms with Crippen LogP contribution >= 0.6 is 0 Å². The Labute approximate surface area is 100 Å². The lowest BCUT2D eigenvalue weighted by molar-refractivity contribution is 0.462. The minimum atomic E-state index is 0.813. The molecule has 0 radical (unpaired) electrons. The van der Waals surface area contributed by atoms with E-state index in [2.05, 4.69) is 50.8 Å². The maximum absolute atomic E-state index is 4.22. The van der Waals surface area contributed by atoms with E-state index in [9.17, 15) is 0 Å². The first-order valence-electron chi connectivity index (χ1n) is 6.51. The molecule has 88 valence electrons. The fraction of sp³-hybridized carbons (Fsp3) is 0.500. The monoisotopic (exact) mass is 216 g/mol. The van der Waals surface area contributed by atoms with Crippen molar-refractivity contribution in [3.8, 4) is 0 Å². The van der Waals surface area contributed by atoms with Crippen molar-refractivity contribution in [2.24, 2.45) is 5.92 Å². The minimum Gasteiger partial charge on any atom is -0.0952 e. The average Bonchev–Trinajstić information content (AvgIpc) is 2.35. The molecule has 0 saturated carbocycles. The van der Waals surface area contributed by atoms with Gasteiger partial charge < -0.3 is 0 Å². The van der Waals surface area contributed by atoms with E-state index >= 15 is 0 Å². The van der Waals surface area contributed by atoms with Crippen LogP contribution in [0.4, 0.5) is 0 Å². The Morgan fingerprint density at radius 2 is 1.88 bits per heavy atom. The molecule has 1 atom stereocenters. The lowest BCUT2D eigenvalue weighted by atomic mass is 9.90. The van der Waals surface area contributed by atoms with Gasteiger partial charge in [0, 0.05) is 0 Å². The van der Waals surface area contributed by atoms with Crippen LogP contribution in [-0.2, 0) is 0 Å². The summed E-state index contributed by atoms with van der Waals surface area (Å²) < 4.78 is 0. The van der Waals surface area contributed by atoms with Crippen molar-refractivity contribution in [1.82, 2.24) is 0 Å². The summed E-state index contributed by atoms with van der Waals surface area (Å²) in [4.78, 5) is 0. The third kappa shape index (κ3) is 4.22. The number of rotatable bonds is 7. The molecule has 0 spiro atoms. The Morgan fingerprint density at radius 1 is 1.19 bits per heavy atom. The molecule has 0 aliphatic carbocycles. The zero-order valence-electron chi connectivity index (χ0n) is 10.7. The van der Waals surface area contributed by atoms with Crippen molar-refractivity contribution in [3.63, 3.8) is 0 Å². The van der Waals surface area contributed by atoms with E-state index in [1.165, 1.54) is 36.8 Å². The molecule has 16 heavy (non-hydrogen) atoms. The van der Waals surface area contributed by atoms with Gasteiger partial charge in [-0.3, -0.25) is 0 Å². The van der Waals surface area contributed by atoms with Gasteiger partial charge in [0.2, 0.25) is 0 Å². The smallest absolute Gasteiger partial charge is 0.0230 e. The van der Waals surface area contributed by atoms with E-state index in [-0.39, 0.29) is 0 Å². The van der Waals surface area contributed by atoms with E-state index in [0.717, 1.165) is 12.3 Å². The number of hydrogen-bond donors (Lipinski definition) is 0. The van der Waals surface area contributed by atoms with E-state index in [1.54, 1.807) is 0 Å². The van der Waals surface area contributed by atoms with Gasteiger partial charge >= 0.3 is 0 Å². The van der Waals surface area contributed by atoms with Crippen LogP contribution in [-0.4, -0.2) is 0 Å². The SMILES string of the molecule is C=C(CC(CC)CCCC)c1ccccc1. The third-order valence-corrected chi connectivity index (χ3v) is 3.26. The van der Waals surface area contributed by atoms with Gasteiger partial charge in [-0.1, -0.05) is 76.4 Å². The Morgan fingerprint density at radius 3 is 2.44 bits per heavy atom. The topological polar surface area (TPSA) is 0 Å². The van der Waals surface area contributed by atoms with Crippen LogP contribution in [0, 0.1) is 5.92 Å². The predicted octanol–water partition coefficient (Wildman–Crippen LogP) is 5.31. The number of allylic oxidation sites excluding steroid dienone is 1. The second kappa shape index (κ2) is 7.27. The van der Waals surface area contributed by atoms with Gasteiger partial charge in [-0.2, -0.15) is 0 Å². The molecular weight excluding hydrogens is 192 g/mol. The molecule has 0 fully saturated rings. The van der Waals surface area contributed by atoms with Gasteiger partial charge in [-0.05, 0) is 23.5 Å². The van der Waals surface area contributed by atoms with Crippen molar-refractivity contribution < 1.29 is 0 Å². The normalized spacial score (nSPS) is 12.4. The molecule has 0 aliphatic rings. The van der Waals surface area contributed by atoms with Crippen LogP contribution in [0.5, 0.6) is 0 Å². The number of unbranched alkanes of at least 4 members (excludes halogenated alkanes) is 1. The van der Waals surface area contributed by atoms with Gasteiger partial charge in [0.25, 0.3) is 0 Å². The van der Waals surface area contributed by atoms with Gasteiger partial charge in [0.1, 0.15) is 0 Å². The van der Waals surface area contributed by atoms with E-state index in [4.69, 9.17) is 0 Å². The molecule has 1 aromatic carbocycles. The molecule has 0 aromatic heterocycles. The Balaban J connectivity index is 2.49. The summed E-state index contributed by atoms with van der Waals surface area (Å²) in [5.74, 6) is 0.813. The quantitative estimate of drug-likeness (QED) is 0.579. The maximum Gasteiger partial charge on any atom is -0.0230 e. The molecule has 0 aliphatic heterocycles. The van der Waals surface area contributed by atoms with E-state index in [0.29, 0.717) is 0 Å². The highest BCUT2D eigenvalue weighted by Crippen LogP contribution is 2.26. The maximum atomic E-state index is 4.22. The largest absolute Gasteiger partial charge is 0.0952 e. The van der Waals surface area contributed by atoms with Crippen LogP contribution in [0.15, 0.2) is 36.9 Å². The zero-order valence-corrected chi connectivity index (χ0v) is 10.7. The summed E-state index contributed by atoms with van der Waals surface area (Å²) in [5, 5.41) is 0. The second-order valence-electron chi connectivity index (χ2n) is 4.59. The van der Waals surface area contributed by atoms with Gasteiger partial charge in [-0.15, -0.1) is 0 Å². The fourth-order valence-corrected chi connectivity index (χ4v) is 2.08. The van der Waals surface area contributed by atoms with Crippen molar-refractivity contribution in [2.45, 2.75) is 46.0 Å². The highest BCUT2D eigenvalue weighted by Gasteiger charge is 2.08. The summed E-state index contributed by atoms with van der Waals surface area (Å²) in [5.41, 5.74) is 2.60. The van der Waals surface area contributed by atoms with Crippen LogP contribution in [0.25, 0.3) is 5.57 Å². The first-order valence-corrected chi connectivity index (χ1v) is 6.51. The van der Waals surface area contributed by atoms with Crippen molar-refractivity contribution in [1.29, 1.82) is 0 Å². The van der Waals surface area contributed by atoms with Crippen LogP contribution in [0.2, 0.25) is 0 Å². The second-order valence-corrected chi connectivity index (χ2v) is 4.59. The average molecular weight is 216 g/mol. The Kier molecular flexibility index (Phi) is 5.92. The van der Waals surface area contributed by atoms with Crippen LogP contribution in [0.3, 0.4) is 0 Å². The molecule has 0 bridgehead atoms. The minimum absolute atomic E-state index is 0.813. The lowest BCUT2D eigenvalue weighted by Gasteiger charge is -2.16. The highest BCUT2D eigenvalue weighted by molar-refractivity contribution is 5.63. The molecule has 0 N–H and O–H groups in total. The third-order valence-electron chi connectivity index (χ3n) is 3.26. The van der Waals surface area contributed by atoms with Crippen LogP contribution in [0.1, 0.15) is 51.5 Å². The molecule has 0 saturated heterocycles. The van der Waals surface area contributed by atoms with E-state index in [1.807, 2.05) is 0 Å². The first kappa shape index (κ1) is 13.0. The predicted molar refractivity (Wildman–Crippen MR) is 73.4 cm³/mol. The van der Waals surface area contributed by atoms with Gasteiger partial charge in [0.05, 0.1) is 0 Å². The summed E-state index contributed by atoms with van der Waals surface area (Å²) >= 11 is 0. The number of hydrogen-bond acceptors (Lipinski definition) is 0. The molecule has 1 rings (SSSR count). The van der Waals surface area contributed by atoms with Crippen molar-refractivity contribution in [3.05, 3.63) is 42.5 Å². The lowest BCUT2D eigenvalue weighted by Crippen LogP contribution is -2.00. The standard InChI is InChI=1S/C16H24/c1-4-6-10-15(5-2)13-14(3)16-11-8-7-9-12-16/h7-9,11-12,15H,3-6,10,13H2,1-2H3.